The molecule has 0 N–H and O–H groups in total. The van der Waals surface area contributed by atoms with Gasteiger partial charge in [0.15, 0.2) is 0 Å². The summed E-state index contributed by atoms with van der Waals surface area (Å²) < 4.78 is 45.1. The monoisotopic (exact) mass is 406 g/mol. The van der Waals surface area contributed by atoms with Crippen LogP contribution in [-0.4, -0.2) is 22.6 Å². The van der Waals surface area contributed by atoms with Crippen LogP contribution in [0.5, 0.6) is 0 Å². The molecule has 0 aliphatic rings. The lowest BCUT2D eigenvalue weighted by Crippen LogP contribution is -2.08. The highest BCUT2D eigenvalue weighted by Crippen LogP contribution is 2.38. The number of imidazole rings is 1. The first kappa shape index (κ1) is 20.0. The molecule has 0 amide bonds. The zero-order chi connectivity index (χ0) is 20.1. The quantitative estimate of drug-likeness (QED) is 0.416. The number of carbonyl (C=O) groups is 1. The third-order valence-electron chi connectivity index (χ3n) is 4.10. The van der Waals surface area contributed by atoms with E-state index in [0.29, 0.717) is 12.1 Å². The Bertz CT molecular complexity index is 908. The van der Waals surface area contributed by atoms with Gasteiger partial charge in [-0.05, 0) is 42.0 Å². The van der Waals surface area contributed by atoms with Crippen LogP contribution in [0.25, 0.3) is 0 Å². The second-order valence-corrected chi connectivity index (χ2v) is 7.28. The Kier molecular flexibility index (Phi) is 6.08. The largest absolute Gasteiger partial charge is 0.465 e. The van der Waals surface area contributed by atoms with E-state index < -0.39 is 17.7 Å². The number of benzene rings is 2. The lowest BCUT2D eigenvalue weighted by atomic mass is 10.1. The van der Waals surface area contributed by atoms with E-state index in [-0.39, 0.29) is 5.25 Å². The highest BCUT2D eigenvalue weighted by atomic mass is 32.2. The number of methoxy groups -OCH3 is 1. The van der Waals surface area contributed by atoms with Crippen molar-refractivity contribution in [1.82, 2.24) is 9.55 Å². The molecular weight excluding hydrogens is 389 g/mol. The minimum Gasteiger partial charge on any atom is -0.465 e. The van der Waals surface area contributed by atoms with Crippen LogP contribution in [0.1, 0.15) is 26.7 Å². The topological polar surface area (TPSA) is 44.1 Å². The Morgan fingerprint density at radius 1 is 1.14 bits per heavy atom. The van der Waals surface area contributed by atoms with Crippen molar-refractivity contribution >= 4 is 17.7 Å². The third kappa shape index (κ3) is 4.95. The molecule has 0 saturated carbocycles. The highest BCUT2D eigenvalue weighted by Gasteiger charge is 2.30. The fourth-order valence-electron chi connectivity index (χ4n) is 2.64. The normalized spacial score (nSPS) is 12.6. The van der Waals surface area contributed by atoms with Crippen molar-refractivity contribution < 1.29 is 22.7 Å². The zero-order valence-corrected chi connectivity index (χ0v) is 15.7. The fourth-order valence-corrected chi connectivity index (χ4v) is 3.80. The first-order chi connectivity index (χ1) is 13.4. The van der Waals surface area contributed by atoms with Crippen LogP contribution in [0.3, 0.4) is 0 Å². The number of rotatable bonds is 6. The number of thioether (sulfide) groups is 1. The molecule has 0 aliphatic heterocycles. The average molecular weight is 406 g/mol. The zero-order valence-electron chi connectivity index (χ0n) is 14.9. The molecule has 28 heavy (non-hydrogen) atoms. The smallest absolute Gasteiger partial charge is 0.416 e. The summed E-state index contributed by atoms with van der Waals surface area (Å²) in [6.07, 6.45) is 0.755. The summed E-state index contributed by atoms with van der Waals surface area (Å²) >= 11 is 1.50. The van der Waals surface area contributed by atoms with Crippen molar-refractivity contribution in [2.24, 2.45) is 0 Å². The van der Waals surface area contributed by atoms with E-state index in [0.717, 1.165) is 22.6 Å². The number of halogens is 3. The summed E-state index contributed by atoms with van der Waals surface area (Å²) in [6.45, 7) is 0.536. The van der Waals surface area contributed by atoms with Crippen molar-refractivity contribution in [2.75, 3.05) is 7.11 Å². The van der Waals surface area contributed by atoms with Gasteiger partial charge in [0.05, 0.1) is 29.8 Å². The molecule has 1 aromatic heterocycles. The van der Waals surface area contributed by atoms with Gasteiger partial charge in [0.2, 0.25) is 0 Å². The Morgan fingerprint density at radius 2 is 1.82 bits per heavy atom. The maximum Gasteiger partial charge on any atom is 0.416 e. The summed E-state index contributed by atoms with van der Waals surface area (Å²) in [5, 5.41) is -0.138. The Hall–Kier alpha value is -2.74. The van der Waals surface area contributed by atoms with Gasteiger partial charge in [-0.25, -0.2) is 9.78 Å². The van der Waals surface area contributed by atoms with Gasteiger partial charge in [0.1, 0.15) is 0 Å². The third-order valence-corrected chi connectivity index (χ3v) is 5.35. The second-order valence-electron chi connectivity index (χ2n) is 6.00. The van der Waals surface area contributed by atoms with E-state index in [9.17, 15) is 18.0 Å². The Morgan fingerprint density at radius 3 is 2.36 bits per heavy atom. The molecule has 1 atom stereocenters. The molecule has 2 aromatic carbocycles. The number of ether oxygens (including phenoxy) is 1. The number of esters is 1. The minimum absolute atomic E-state index is 0.138. The van der Waals surface area contributed by atoms with E-state index in [4.69, 9.17) is 0 Å². The first-order valence-electron chi connectivity index (χ1n) is 8.35. The molecule has 0 radical (unpaired) electrons. The molecule has 0 bridgehead atoms. The fraction of sp³-hybridized carbons (Fsp3) is 0.200. The van der Waals surface area contributed by atoms with Gasteiger partial charge in [-0.1, -0.05) is 12.1 Å². The average Bonchev–Trinajstić information content (AvgIpc) is 3.20. The van der Waals surface area contributed by atoms with Gasteiger partial charge in [-0.15, -0.1) is 11.8 Å². The maximum atomic E-state index is 12.8. The van der Waals surface area contributed by atoms with Gasteiger partial charge in [0.25, 0.3) is 0 Å². The molecule has 1 heterocycles. The van der Waals surface area contributed by atoms with Crippen molar-refractivity contribution in [3.63, 3.8) is 0 Å². The molecular formula is C20H17F3N2O2S. The summed E-state index contributed by atoms with van der Waals surface area (Å²) in [5.74, 6) is -0.422. The molecule has 0 aliphatic carbocycles. The molecule has 4 nitrogen and oxygen atoms in total. The SMILES string of the molecule is COC(=O)c1ccc(SC(Cn2ccnc2)c2ccc(C(F)(F)F)cc2)cc1. The molecule has 1 unspecified atom stereocenters. The lowest BCUT2D eigenvalue weighted by molar-refractivity contribution is -0.137. The van der Waals surface area contributed by atoms with Crippen LogP contribution in [0.15, 0.2) is 72.1 Å². The summed E-state index contributed by atoms with van der Waals surface area (Å²) in [7, 11) is 1.32. The highest BCUT2D eigenvalue weighted by molar-refractivity contribution is 7.99. The predicted molar refractivity (Wildman–Crippen MR) is 100 cm³/mol. The van der Waals surface area contributed by atoms with Crippen LogP contribution >= 0.6 is 11.8 Å². The van der Waals surface area contributed by atoms with Gasteiger partial charge in [-0.2, -0.15) is 13.2 Å². The molecule has 0 fully saturated rings. The number of carbonyl (C=O) groups excluding carboxylic acids is 1. The molecule has 8 heteroatoms. The molecule has 146 valence electrons. The predicted octanol–water partition coefficient (Wildman–Crippen LogP) is 5.22. The number of hydrogen-bond donors (Lipinski definition) is 0. The minimum atomic E-state index is -4.37. The van der Waals surface area contributed by atoms with E-state index in [1.165, 1.54) is 31.0 Å². The number of nitrogens with zero attached hydrogens (tertiary/aromatic N) is 2. The van der Waals surface area contributed by atoms with Gasteiger partial charge in [0, 0.05) is 23.8 Å². The maximum absolute atomic E-state index is 12.8. The van der Waals surface area contributed by atoms with Crippen molar-refractivity contribution in [1.29, 1.82) is 0 Å². The number of aromatic nitrogens is 2. The van der Waals surface area contributed by atoms with Crippen LogP contribution < -0.4 is 0 Å². The van der Waals surface area contributed by atoms with Crippen LogP contribution in [0.4, 0.5) is 13.2 Å². The van der Waals surface area contributed by atoms with Crippen LogP contribution in [0, 0.1) is 0 Å². The Balaban J connectivity index is 1.84. The van der Waals surface area contributed by atoms with E-state index in [1.807, 2.05) is 4.57 Å². The Labute approximate surface area is 164 Å². The number of alkyl halides is 3. The van der Waals surface area contributed by atoms with Crippen molar-refractivity contribution in [3.05, 3.63) is 83.9 Å². The van der Waals surface area contributed by atoms with Crippen LogP contribution in [-0.2, 0) is 17.5 Å². The van der Waals surface area contributed by atoms with Crippen molar-refractivity contribution in [3.8, 4) is 0 Å². The summed E-state index contributed by atoms with van der Waals surface area (Å²) in [5.41, 5.74) is 0.529. The molecule has 0 saturated heterocycles. The molecule has 3 aromatic rings. The van der Waals surface area contributed by atoms with Gasteiger partial charge >= 0.3 is 12.1 Å². The van der Waals surface area contributed by atoms with E-state index >= 15 is 0 Å². The van der Waals surface area contributed by atoms with Gasteiger partial charge in [-0.3, -0.25) is 0 Å². The summed E-state index contributed by atoms with van der Waals surface area (Å²) in [6, 6.07) is 12.1. The molecule has 0 spiro atoms. The van der Waals surface area contributed by atoms with E-state index in [2.05, 4.69) is 9.72 Å². The molecule has 3 rings (SSSR count). The van der Waals surface area contributed by atoms with E-state index in [1.54, 1.807) is 43.0 Å². The lowest BCUT2D eigenvalue weighted by Gasteiger charge is -2.19. The standard InChI is InChI=1S/C20H17F3N2O2S/c1-27-19(26)15-4-8-17(9-5-15)28-18(12-25-11-10-24-13-25)14-2-6-16(7-3-14)20(21,22)23/h2-11,13,18H,12H2,1H3. The first-order valence-corrected chi connectivity index (χ1v) is 9.22. The number of hydrogen-bond acceptors (Lipinski definition) is 4. The summed E-state index contributed by atoms with van der Waals surface area (Å²) in [4.78, 5) is 16.5. The second kappa shape index (κ2) is 8.52. The van der Waals surface area contributed by atoms with Crippen molar-refractivity contribution in [2.45, 2.75) is 22.9 Å². The van der Waals surface area contributed by atoms with Gasteiger partial charge < -0.3 is 9.30 Å². The van der Waals surface area contributed by atoms with Crippen LogP contribution in [0.2, 0.25) is 0 Å².